The largest absolute Gasteiger partial charge is 0.507 e. The maximum atomic E-state index is 12.2. The van der Waals surface area contributed by atoms with E-state index in [9.17, 15) is 9.90 Å². The molecule has 1 aliphatic heterocycles. The van der Waals surface area contributed by atoms with Crippen molar-refractivity contribution in [3.63, 3.8) is 0 Å². The zero-order valence-corrected chi connectivity index (χ0v) is 11.7. The van der Waals surface area contributed by atoms with E-state index < -0.39 is 0 Å². The average Bonchev–Trinajstić information content (AvgIpc) is 2.71. The van der Waals surface area contributed by atoms with Gasteiger partial charge in [-0.25, -0.2) is 0 Å². The number of fused-ring (bicyclic) bond motifs is 1. The van der Waals surface area contributed by atoms with Gasteiger partial charge in [-0.1, -0.05) is 40.2 Å². The first-order chi connectivity index (χ1) is 9.15. The molecular weight excluding hydrogens is 306 g/mol. The van der Waals surface area contributed by atoms with Crippen LogP contribution in [0.5, 0.6) is 5.75 Å². The van der Waals surface area contributed by atoms with Gasteiger partial charge in [-0.3, -0.25) is 4.79 Å². The molecule has 1 aliphatic rings. The number of amides is 1. The van der Waals surface area contributed by atoms with Crippen molar-refractivity contribution in [1.82, 2.24) is 4.90 Å². The predicted octanol–water partition coefficient (Wildman–Crippen LogP) is 3.31. The minimum Gasteiger partial charge on any atom is -0.507 e. The summed E-state index contributed by atoms with van der Waals surface area (Å²) in [4.78, 5) is 14.0. The summed E-state index contributed by atoms with van der Waals surface area (Å²) in [7, 11) is 0. The minimum atomic E-state index is -0.101. The minimum absolute atomic E-state index is 0.0702. The van der Waals surface area contributed by atoms with Crippen LogP contribution in [0.3, 0.4) is 0 Å². The van der Waals surface area contributed by atoms with Crippen molar-refractivity contribution in [2.24, 2.45) is 0 Å². The molecule has 0 spiro atoms. The van der Waals surface area contributed by atoms with Crippen molar-refractivity contribution >= 4 is 21.8 Å². The topological polar surface area (TPSA) is 40.5 Å². The van der Waals surface area contributed by atoms with Crippen LogP contribution in [0.1, 0.15) is 21.5 Å². The van der Waals surface area contributed by atoms with E-state index in [-0.39, 0.29) is 11.7 Å². The van der Waals surface area contributed by atoms with Crippen molar-refractivity contribution in [2.45, 2.75) is 13.1 Å². The number of rotatable bonds is 2. The summed E-state index contributed by atoms with van der Waals surface area (Å²) in [6.45, 7) is 1.11. The monoisotopic (exact) mass is 317 g/mol. The summed E-state index contributed by atoms with van der Waals surface area (Å²) in [6, 6.07) is 13.1. The Labute approximate surface area is 119 Å². The lowest BCUT2D eigenvalue weighted by Crippen LogP contribution is -2.23. The molecule has 0 fully saturated rings. The first kappa shape index (κ1) is 12.2. The maximum absolute atomic E-state index is 12.2. The summed E-state index contributed by atoms with van der Waals surface area (Å²) in [6.07, 6.45) is 0. The van der Waals surface area contributed by atoms with Crippen molar-refractivity contribution in [2.75, 3.05) is 0 Å². The Kier molecular flexibility index (Phi) is 3.03. The third-order valence-electron chi connectivity index (χ3n) is 3.28. The summed E-state index contributed by atoms with van der Waals surface area (Å²) in [5.41, 5.74) is 2.41. The normalized spacial score (nSPS) is 13.7. The number of nitrogens with zero attached hydrogens (tertiary/aromatic N) is 1. The number of halogens is 1. The summed E-state index contributed by atoms with van der Waals surface area (Å²) in [5.74, 6) is -0.0307. The average molecular weight is 318 g/mol. The lowest BCUT2D eigenvalue weighted by atomic mass is 10.1. The number of phenolic OH excluding ortho intramolecular Hbond substituents is 1. The molecule has 0 aliphatic carbocycles. The molecule has 2 aromatic rings. The van der Waals surface area contributed by atoms with Crippen LogP contribution >= 0.6 is 15.9 Å². The zero-order chi connectivity index (χ0) is 13.4. The van der Waals surface area contributed by atoms with Crippen molar-refractivity contribution in [1.29, 1.82) is 0 Å². The number of hydrogen-bond donors (Lipinski definition) is 1. The molecule has 0 saturated heterocycles. The van der Waals surface area contributed by atoms with Crippen LogP contribution in [0.4, 0.5) is 0 Å². The fourth-order valence-electron chi connectivity index (χ4n) is 2.34. The molecule has 19 heavy (non-hydrogen) atoms. The van der Waals surface area contributed by atoms with E-state index >= 15 is 0 Å². The van der Waals surface area contributed by atoms with E-state index in [0.29, 0.717) is 18.7 Å². The van der Waals surface area contributed by atoms with E-state index in [4.69, 9.17) is 0 Å². The molecule has 3 nitrogen and oxygen atoms in total. The summed E-state index contributed by atoms with van der Waals surface area (Å²) >= 11 is 3.39. The third kappa shape index (κ3) is 2.24. The maximum Gasteiger partial charge on any atom is 0.258 e. The van der Waals surface area contributed by atoms with Gasteiger partial charge < -0.3 is 10.0 Å². The van der Waals surface area contributed by atoms with Crippen LogP contribution < -0.4 is 0 Å². The van der Waals surface area contributed by atoms with Crippen molar-refractivity contribution in [3.05, 3.63) is 63.6 Å². The summed E-state index contributed by atoms with van der Waals surface area (Å²) < 4.78 is 1.02. The number of phenols is 1. The SMILES string of the molecule is O=C1c2c(O)cccc2CN1Cc1ccc(Br)cc1. The van der Waals surface area contributed by atoms with E-state index in [1.54, 1.807) is 17.0 Å². The number of carbonyl (C=O) groups excluding carboxylic acids is 1. The second-order valence-electron chi connectivity index (χ2n) is 4.60. The Balaban J connectivity index is 1.84. The molecule has 4 heteroatoms. The van der Waals surface area contributed by atoms with E-state index in [1.165, 1.54) is 0 Å². The van der Waals surface area contributed by atoms with E-state index in [1.807, 2.05) is 30.3 Å². The van der Waals surface area contributed by atoms with Crippen LogP contribution in [0.25, 0.3) is 0 Å². The van der Waals surface area contributed by atoms with Gasteiger partial charge >= 0.3 is 0 Å². The molecule has 0 bridgehead atoms. The molecule has 0 aromatic heterocycles. The van der Waals surface area contributed by atoms with Gasteiger partial charge in [0.2, 0.25) is 0 Å². The van der Waals surface area contributed by atoms with Gasteiger partial charge in [-0.15, -0.1) is 0 Å². The lowest BCUT2D eigenvalue weighted by Gasteiger charge is -2.15. The number of benzene rings is 2. The van der Waals surface area contributed by atoms with Gasteiger partial charge in [0.05, 0.1) is 5.56 Å². The van der Waals surface area contributed by atoms with Gasteiger partial charge in [0.15, 0.2) is 0 Å². The fraction of sp³-hybridized carbons (Fsp3) is 0.133. The lowest BCUT2D eigenvalue weighted by molar-refractivity contribution is 0.0764. The first-order valence-electron chi connectivity index (χ1n) is 6.00. The zero-order valence-electron chi connectivity index (χ0n) is 10.1. The van der Waals surface area contributed by atoms with Gasteiger partial charge in [0.1, 0.15) is 5.75 Å². The van der Waals surface area contributed by atoms with Crippen LogP contribution in [0, 0.1) is 0 Å². The Morgan fingerprint density at radius 1 is 1.16 bits per heavy atom. The van der Waals surface area contributed by atoms with Crippen molar-refractivity contribution in [3.8, 4) is 5.75 Å². The molecule has 3 rings (SSSR count). The van der Waals surface area contributed by atoms with E-state index in [2.05, 4.69) is 15.9 Å². The van der Waals surface area contributed by atoms with Crippen LogP contribution in [0.15, 0.2) is 46.9 Å². The first-order valence-corrected chi connectivity index (χ1v) is 6.79. The molecule has 0 saturated carbocycles. The molecule has 0 radical (unpaired) electrons. The Morgan fingerprint density at radius 3 is 2.58 bits per heavy atom. The molecular formula is C15H12BrNO2. The Hall–Kier alpha value is -1.81. The smallest absolute Gasteiger partial charge is 0.258 e. The van der Waals surface area contributed by atoms with Crippen LogP contribution in [-0.2, 0) is 13.1 Å². The molecule has 96 valence electrons. The molecule has 0 unspecified atom stereocenters. The predicted molar refractivity (Wildman–Crippen MR) is 75.8 cm³/mol. The van der Waals surface area contributed by atoms with Crippen molar-refractivity contribution < 1.29 is 9.90 Å². The third-order valence-corrected chi connectivity index (χ3v) is 3.81. The quantitative estimate of drug-likeness (QED) is 0.923. The highest BCUT2D eigenvalue weighted by Crippen LogP contribution is 2.30. The highest BCUT2D eigenvalue weighted by molar-refractivity contribution is 9.10. The highest BCUT2D eigenvalue weighted by Gasteiger charge is 2.29. The standard InChI is InChI=1S/C15H12BrNO2/c16-12-6-4-10(5-7-12)8-17-9-11-2-1-3-13(18)14(11)15(17)19/h1-7,18H,8-9H2. The van der Waals surface area contributed by atoms with Gasteiger partial charge in [0.25, 0.3) is 5.91 Å². The van der Waals surface area contributed by atoms with Gasteiger partial charge in [0, 0.05) is 17.6 Å². The fourth-order valence-corrected chi connectivity index (χ4v) is 2.60. The number of carbonyl (C=O) groups is 1. The number of aromatic hydroxyl groups is 1. The Bertz CT molecular complexity index is 637. The summed E-state index contributed by atoms with van der Waals surface area (Å²) in [5, 5.41) is 9.77. The second-order valence-corrected chi connectivity index (χ2v) is 5.51. The van der Waals surface area contributed by atoms with Crippen LogP contribution in [0.2, 0.25) is 0 Å². The molecule has 0 atom stereocenters. The van der Waals surface area contributed by atoms with Gasteiger partial charge in [-0.2, -0.15) is 0 Å². The molecule has 1 heterocycles. The van der Waals surface area contributed by atoms with E-state index in [0.717, 1.165) is 15.6 Å². The molecule has 1 N–H and O–H groups in total. The molecule has 1 amide bonds. The van der Waals surface area contributed by atoms with Gasteiger partial charge in [-0.05, 0) is 29.3 Å². The Morgan fingerprint density at radius 2 is 1.89 bits per heavy atom. The highest BCUT2D eigenvalue weighted by atomic mass is 79.9. The second kappa shape index (κ2) is 4.70. The molecule has 2 aromatic carbocycles. The van der Waals surface area contributed by atoms with Crippen LogP contribution in [-0.4, -0.2) is 15.9 Å². The number of hydrogen-bond acceptors (Lipinski definition) is 2.